The fraction of sp³-hybridized carbons (Fsp3) is 0.188. The molecule has 0 saturated heterocycles. The highest BCUT2D eigenvalue weighted by molar-refractivity contribution is 7.80. The van der Waals surface area contributed by atoms with Crippen LogP contribution in [0.25, 0.3) is 0 Å². The normalized spacial score (nSPS) is 10.2. The molecule has 0 aromatic heterocycles. The lowest BCUT2D eigenvalue weighted by Gasteiger charge is -2.16. The van der Waals surface area contributed by atoms with Gasteiger partial charge in [-0.1, -0.05) is 23.8 Å². The maximum atomic E-state index is 10.8. The molecule has 120 valence electrons. The number of nitro benzene ring substituents is 1. The largest absolute Gasteiger partial charge is 0.501 e. The van der Waals surface area contributed by atoms with E-state index in [1.807, 2.05) is 32.9 Å². The average Bonchev–Trinajstić information content (AvgIpc) is 2.44. The number of benzene rings is 2. The molecular weight excluding hydrogens is 314 g/mol. The molecule has 0 radical (unpaired) electrons. The van der Waals surface area contributed by atoms with E-state index in [2.05, 4.69) is 10.6 Å². The van der Waals surface area contributed by atoms with Gasteiger partial charge in [-0.3, -0.25) is 10.1 Å². The minimum absolute atomic E-state index is 0.180. The van der Waals surface area contributed by atoms with Crippen molar-refractivity contribution in [3.8, 4) is 5.75 Å². The molecule has 0 amide bonds. The fourth-order valence-electron chi connectivity index (χ4n) is 2.42. The van der Waals surface area contributed by atoms with Gasteiger partial charge in [-0.05, 0) is 50.2 Å². The number of nitro groups is 1. The van der Waals surface area contributed by atoms with Crippen LogP contribution < -0.4 is 10.6 Å². The predicted molar refractivity (Wildman–Crippen MR) is 95.3 cm³/mol. The number of aromatic hydroxyl groups is 1. The highest BCUT2D eigenvalue weighted by Gasteiger charge is 2.17. The van der Waals surface area contributed by atoms with Gasteiger partial charge >= 0.3 is 5.69 Å². The fourth-order valence-corrected chi connectivity index (χ4v) is 2.64. The summed E-state index contributed by atoms with van der Waals surface area (Å²) in [5.74, 6) is -0.445. The van der Waals surface area contributed by atoms with Crippen LogP contribution in [0, 0.1) is 30.9 Å². The second-order valence-electron chi connectivity index (χ2n) is 5.28. The molecule has 6 nitrogen and oxygen atoms in total. The average molecular weight is 331 g/mol. The highest BCUT2D eigenvalue weighted by Crippen LogP contribution is 2.33. The summed E-state index contributed by atoms with van der Waals surface area (Å²) in [7, 11) is 0. The van der Waals surface area contributed by atoms with E-state index in [1.165, 1.54) is 18.2 Å². The summed E-state index contributed by atoms with van der Waals surface area (Å²) < 4.78 is 0. The topological polar surface area (TPSA) is 87.4 Å². The van der Waals surface area contributed by atoms with E-state index < -0.39 is 10.7 Å². The molecule has 7 heteroatoms. The zero-order valence-electron chi connectivity index (χ0n) is 13.0. The number of aryl methyl sites for hydroxylation is 3. The van der Waals surface area contributed by atoms with Crippen LogP contribution in [-0.2, 0) is 0 Å². The number of nitrogens with one attached hydrogen (secondary N) is 2. The molecule has 0 saturated carbocycles. The number of phenolic OH excluding ortho intramolecular Hbond substituents is 1. The zero-order valence-corrected chi connectivity index (χ0v) is 13.8. The van der Waals surface area contributed by atoms with E-state index in [0.29, 0.717) is 0 Å². The van der Waals surface area contributed by atoms with E-state index in [9.17, 15) is 15.2 Å². The number of para-hydroxylation sites is 1. The van der Waals surface area contributed by atoms with E-state index in [0.717, 1.165) is 22.4 Å². The summed E-state index contributed by atoms with van der Waals surface area (Å²) in [6, 6.07) is 8.28. The van der Waals surface area contributed by atoms with Crippen molar-refractivity contribution in [1.29, 1.82) is 0 Å². The van der Waals surface area contributed by atoms with Gasteiger partial charge < -0.3 is 15.7 Å². The minimum Gasteiger partial charge on any atom is -0.501 e. The van der Waals surface area contributed by atoms with Gasteiger partial charge in [-0.2, -0.15) is 0 Å². The second-order valence-corrected chi connectivity index (χ2v) is 5.69. The van der Waals surface area contributed by atoms with Crippen molar-refractivity contribution in [2.75, 3.05) is 10.6 Å². The van der Waals surface area contributed by atoms with Gasteiger partial charge in [0.25, 0.3) is 0 Å². The Balaban J connectivity index is 2.21. The maximum Gasteiger partial charge on any atom is 0.312 e. The molecule has 0 heterocycles. The lowest BCUT2D eigenvalue weighted by Crippen LogP contribution is -2.20. The molecule has 2 aromatic rings. The number of phenols is 1. The molecule has 0 spiro atoms. The Morgan fingerprint density at radius 1 is 1.17 bits per heavy atom. The quantitative estimate of drug-likeness (QED) is 0.340. The molecule has 0 unspecified atom stereocenters. The van der Waals surface area contributed by atoms with Gasteiger partial charge in [0.1, 0.15) is 0 Å². The van der Waals surface area contributed by atoms with Gasteiger partial charge in [-0.25, -0.2) is 0 Å². The zero-order chi connectivity index (χ0) is 17.1. The van der Waals surface area contributed by atoms with Crippen molar-refractivity contribution in [2.24, 2.45) is 0 Å². The van der Waals surface area contributed by atoms with Crippen LogP contribution in [-0.4, -0.2) is 15.1 Å². The smallest absolute Gasteiger partial charge is 0.312 e. The Hall–Kier alpha value is -2.67. The number of thiocarbonyl (C=S) groups is 1. The van der Waals surface area contributed by atoms with E-state index in [-0.39, 0.29) is 16.5 Å². The standard InChI is InChI=1S/C16H17N3O3S/c1-9-7-10(2)14(11(3)8-9)18-16(23)17-12-5-4-6-13(15(12)20)19(21)22/h4-8,20H,1-3H3,(H2,17,18,23). The molecule has 2 rings (SSSR count). The molecular formula is C16H17N3O3S. The first kappa shape index (κ1) is 16.7. The van der Waals surface area contributed by atoms with Crippen LogP contribution >= 0.6 is 12.2 Å². The van der Waals surface area contributed by atoms with Crippen LogP contribution in [0.15, 0.2) is 30.3 Å². The Morgan fingerprint density at radius 2 is 1.78 bits per heavy atom. The Kier molecular flexibility index (Phi) is 4.80. The molecule has 3 N–H and O–H groups in total. The van der Waals surface area contributed by atoms with Crippen molar-refractivity contribution < 1.29 is 10.0 Å². The summed E-state index contributed by atoms with van der Waals surface area (Å²) >= 11 is 5.24. The van der Waals surface area contributed by atoms with Crippen LogP contribution in [0.5, 0.6) is 5.75 Å². The maximum absolute atomic E-state index is 10.8. The third-order valence-electron chi connectivity index (χ3n) is 3.38. The van der Waals surface area contributed by atoms with Crippen LogP contribution in [0.2, 0.25) is 0 Å². The summed E-state index contributed by atoms with van der Waals surface area (Å²) in [5.41, 5.74) is 3.91. The van der Waals surface area contributed by atoms with E-state index in [4.69, 9.17) is 12.2 Å². The number of rotatable bonds is 3. The lowest BCUT2D eigenvalue weighted by molar-refractivity contribution is -0.385. The number of nitrogens with zero attached hydrogens (tertiary/aromatic N) is 1. The van der Waals surface area contributed by atoms with Crippen LogP contribution in [0.4, 0.5) is 17.1 Å². The molecule has 0 atom stereocenters. The Labute approximate surface area is 139 Å². The molecule has 23 heavy (non-hydrogen) atoms. The van der Waals surface area contributed by atoms with Gasteiger partial charge in [-0.15, -0.1) is 0 Å². The van der Waals surface area contributed by atoms with Crippen molar-refractivity contribution in [3.05, 3.63) is 57.1 Å². The van der Waals surface area contributed by atoms with E-state index >= 15 is 0 Å². The van der Waals surface area contributed by atoms with Gasteiger partial charge in [0.2, 0.25) is 5.75 Å². The summed E-state index contributed by atoms with van der Waals surface area (Å²) in [4.78, 5) is 10.2. The first-order valence-corrected chi connectivity index (χ1v) is 7.32. The van der Waals surface area contributed by atoms with Crippen molar-refractivity contribution in [3.63, 3.8) is 0 Å². The first-order valence-electron chi connectivity index (χ1n) is 6.92. The SMILES string of the molecule is Cc1cc(C)c(NC(=S)Nc2cccc([N+](=O)[O-])c2O)c(C)c1. The molecule has 2 aromatic carbocycles. The number of anilines is 2. The molecule has 0 aliphatic heterocycles. The molecule has 0 aliphatic carbocycles. The van der Waals surface area contributed by atoms with Gasteiger partial charge in [0.05, 0.1) is 10.6 Å². The van der Waals surface area contributed by atoms with E-state index in [1.54, 1.807) is 0 Å². The monoisotopic (exact) mass is 331 g/mol. The lowest BCUT2D eigenvalue weighted by atomic mass is 10.1. The third kappa shape index (κ3) is 3.75. The molecule has 0 fully saturated rings. The molecule has 0 bridgehead atoms. The van der Waals surface area contributed by atoms with Crippen LogP contribution in [0.1, 0.15) is 16.7 Å². The summed E-state index contributed by atoms with van der Waals surface area (Å²) in [5, 5.41) is 26.9. The summed E-state index contributed by atoms with van der Waals surface area (Å²) in [6.45, 7) is 5.95. The highest BCUT2D eigenvalue weighted by atomic mass is 32.1. The summed E-state index contributed by atoms with van der Waals surface area (Å²) in [6.07, 6.45) is 0. The Morgan fingerprint density at radius 3 is 2.35 bits per heavy atom. The number of hydrogen-bond acceptors (Lipinski definition) is 4. The van der Waals surface area contributed by atoms with Gasteiger partial charge in [0.15, 0.2) is 5.11 Å². The second kappa shape index (κ2) is 6.62. The first-order chi connectivity index (χ1) is 10.8. The minimum atomic E-state index is -0.648. The van der Waals surface area contributed by atoms with Crippen molar-refractivity contribution >= 4 is 34.4 Å². The van der Waals surface area contributed by atoms with Gasteiger partial charge in [0, 0.05) is 11.8 Å². The molecule has 0 aliphatic rings. The third-order valence-corrected chi connectivity index (χ3v) is 3.58. The van der Waals surface area contributed by atoms with Crippen molar-refractivity contribution in [2.45, 2.75) is 20.8 Å². The number of hydrogen-bond donors (Lipinski definition) is 3. The Bertz CT molecular complexity index is 767. The van der Waals surface area contributed by atoms with Crippen LogP contribution in [0.3, 0.4) is 0 Å². The van der Waals surface area contributed by atoms with Crippen molar-refractivity contribution in [1.82, 2.24) is 0 Å². The predicted octanol–water partition coefficient (Wildman–Crippen LogP) is 4.03.